The van der Waals surface area contributed by atoms with E-state index in [1.54, 1.807) is 0 Å². The van der Waals surface area contributed by atoms with Crippen LogP contribution >= 0.6 is 0 Å². The second kappa shape index (κ2) is 4.91. The molecule has 1 aliphatic rings. The Balaban J connectivity index is 2.23. The highest BCUT2D eigenvalue weighted by atomic mass is 15.1. The predicted molar refractivity (Wildman–Crippen MR) is 74.3 cm³/mol. The SMILES string of the molecule is CCN(C)C=Nc1cc(C)c(C2CC2)cc1C. The lowest BCUT2D eigenvalue weighted by molar-refractivity contribution is 0.552. The molecule has 0 saturated heterocycles. The fraction of sp³-hybridized carbons (Fsp3) is 0.533. The van der Waals surface area contributed by atoms with Crippen LogP contribution in [0.5, 0.6) is 0 Å². The van der Waals surface area contributed by atoms with Gasteiger partial charge in [0.05, 0.1) is 12.0 Å². The van der Waals surface area contributed by atoms with Crippen LogP contribution in [0.25, 0.3) is 0 Å². The molecule has 0 radical (unpaired) electrons. The molecule has 0 heterocycles. The summed E-state index contributed by atoms with van der Waals surface area (Å²) in [6.45, 7) is 7.47. The third-order valence-electron chi connectivity index (χ3n) is 3.49. The van der Waals surface area contributed by atoms with Crippen molar-refractivity contribution >= 4 is 12.0 Å². The van der Waals surface area contributed by atoms with Crippen LogP contribution in [0.1, 0.15) is 42.4 Å². The molecule has 0 aromatic heterocycles. The average molecular weight is 230 g/mol. The van der Waals surface area contributed by atoms with Crippen LogP contribution in [0.2, 0.25) is 0 Å². The maximum atomic E-state index is 4.56. The molecule has 2 nitrogen and oxygen atoms in total. The van der Waals surface area contributed by atoms with Crippen molar-refractivity contribution in [1.82, 2.24) is 4.90 Å². The topological polar surface area (TPSA) is 15.6 Å². The quantitative estimate of drug-likeness (QED) is 0.567. The van der Waals surface area contributed by atoms with E-state index in [1.807, 2.05) is 13.4 Å². The second-order valence-electron chi connectivity index (χ2n) is 5.09. The average Bonchev–Trinajstić information content (AvgIpc) is 3.13. The molecule has 0 N–H and O–H groups in total. The highest BCUT2D eigenvalue weighted by Crippen LogP contribution is 2.43. The van der Waals surface area contributed by atoms with Gasteiger partial charge in [0.15, 0.2) is 0 Å². The summed E-state index contributed by atoms with van der Waals surface area (Å²) in [6, 6.07) is 4.55. The number of aliphatic imine (C=N–C) groups is 1. The molecule has 0 aliphatic heterocycles. The lowest BCUT2D eigenvalue weighted by Gasteiger charge is -2.11. The molecular weight excluding hydrogens is 208 g/mol. The van der Waals surface area contributed by atoms with Crippen LogP contribution < -0.4 is 0 Å². The second-order valence-corrected chi connectivity index (χ2v) is 5.09. The highest BCUT2D eigenvalue weighted by Gasteiger charge is 2.25. The van der Waals surface area contributed by atoms with Gasteiger partial charge in [-0.3, -0.25) is 0 Å². The van der Waals surface area contributed by atoms with E-state index in [1.165, 1.54) is 29.5 Å². The molecule has 0 amide bonds. The largest absolute Gasteiger partial charge is 0.366 e. The van der Waals surface area contributed by atoms with Crippen molar-refractivity contribution in [2.24, 2.45) is 4.99 Å². The molecule has 2 rings (SSSR count). The summed E-state index contributed by atoms with van der Waals surface area (Å²) in [5.74, 6) is 0.824. The van der Waals surface area contributed by atoms with E-state index in [0.717, 1.165) is 18.2 Å². The van der Waals surface area contributed by atoms with Crippen LogP contribution in [0.4, 0.5) is 5.69 Å². The molecule has 92 valence electrons. The minimum absolute atomic E-state index is 0.824. The van der Waals surface area contributed by atoms with Crippen molar-refractivity contribution in [1.29, 1.82) is 0 Å². The van der Waals surface area contributed by atoms with Crippen molar-refractivity contribution < 1.29 is 0 Å². The molecule has 1 saturated carbocycles. The predicted octanol–water partition coefficient (Wildman–Crippen LogP) is 3.79. The van der Waals surface area contributed by atoms with E-state index in [-0.39, 0.29) is 0 Å². The van der Waals surface area contributed by atoms with Gasteiger partial charge in [0.2, 0.25) is 0 Å². The van der Waals surface area contributed by atoms with Crippen molar-refractivity contribution in [3.8, 4) is 0 Å². The normalized spacial score (nSPS) is 15.5. The molecule has 1 aromatic carbocycles. The first-order chi connectivity index (χ1) is 8.11. The highest BCUT2D eigenvalue weighted by molar-refractivity contribution is 5.64. The number of hydrogen-bond acceptors (Lipinski definition) is 1. The zero-order valence-corrected chi connectivity index (χ0v) is 11.3. The summed E-state index contributed by atoms with van der Waals surface area (Å²) in [5, 5.41) is 0. The van der Waals surface area contributed by atoms with Gasteiger partial charge in [-0.1, -0.05) is 6.07 Å². The Labute approximate surface area is 104 Å². The Bertz CT molecular complexity index is 431. The van der Waals surface area contributed by atoms with E-state index >= 15 is 0 Å². The lowest BCUT2D eigenvalue weighted by Crippen LogP contribution is -2.14. The van der Waals surface area contributed by atoms with Gasteiger partial charge in [0.1, 0.15) is 0 Å². The third-order valence-corrected chi connectivity index (χ3v) is 3.49. The van der Waals surface area contributed by atoms with Crippen LogP contribution in [0.3, 0.4) is 0 Å². The Morgan fingerprint density at radius 2 is 2.00 bits per heavy atom. The van der Waals surface area contributed by atoms with Gasteiger partial charge in [-0.15, -0.1) is 0 Å². The van der Waals surface area contributed by atoms with E-state index < -0.39 is 0 Å². The first kappa shape index (κ1) is 12.2. The smallest absolute Gasteiger partial charge is 0.0909 e. The van der Waals surface area contributed by atoms with E-state index in [2.05, 4.69) is 42.8 Å². The van der Waals surface area contributed by atoms with Crippen LogP contribution in [-0.4, -0.2) is 24.8 Å². The Hall–Kier alpha value is -1.31. The van der Waals surface area contributed by atoms with Gasteiger partial charge in [-0.05, 0) is 62.3 Å². The summed E-state index contributed by atoms with van der Waals surface area (Å²) in [7, 11) is 2.05. The van der Waals surface area contributed by atoms with Crippen LogP contribution in [-0.2, 0) is 0 Å². The molecular formula is C15H22N2. The number of rotatable bonds is 4. The van der Waals surface area contributed by atoms with Crippen molar-refractivity contribution in [2.45, 2.75) is 39.5 Å². The molecule has 1 aliphatic carbocycles. The fourth-order valence-electron chi connectivity index (χ4n) is 2.04. The molecule has 0 unspecified atom stereocenters. The van der Waals surface area contributed by atoms with E-state index in [9.17, 15) is 0 Å². The first-order valence-electron chi connectivity index (χ1n) is 6.47. The molecule has 1 fully saturated rings. The van der Waals surface area contributed by atoms with Crippen molar-refractivity contribution in [3.63, 3.8) is 0 Å². The number of nitrogens with zero attached hydrogens (tertiary/aromatic N) is 2. The maximum Gasteiger partial charge on any atom is 0.0909 e. The number of hydrogen-bond donors (Lipinski definition) is 0. The molecule has 0 bridgehead atoms. The Morgan fingerprint density at radius 1 is 1.29 bits per heavy atom. The van der Waals surface area contributed by atoms with Gasteiger partial charge in [0.25, 0.3) is 0 Å². The third kappa shape index (κ3) is 2.87. The monoisotopic (exact) mass is 230 g/mol. The molecule has 2 heteroatoms. The summed E-state index contributed by atoms with van der Waals surface area (Å²) >= 11 is 0. The minimum atomic E-state index is 0.824. The lowest BCUT2D eigenvalue weighted by atomic mass is 10.0. The van der Waals surface area contributed by atoms with Crippen molar-refractivity contribution in [2.75, 3.05) is 13.6 Å². The first-order valence-corrected chi connectivity index (χ1v) is 6.47. The molecule has 17 heavy (non-hydrogen) atoms. The summed E-state index contributed by atoms with van der Waals surface area (Å²) in [4.78, 5) is 6.65. The molecule has 0 spiro atoms. The van der Waals surface area contributed by atoms with E-state index in [4.69, 9.17) is 0 Å². The van der Waals surface area contributed by atoms with Gasteiger partial charge >= 0.3 is 0 Å². The summed E-state index contributed by atoms with van der Waals surface area (Å²) in [6.07, 6.45) is 4.64. The Kier molecular flexibility index (Phi) is 3.51. The van der Waals surface area contributed by atoms with Gasteiger partial charge in [-0.2, -0.15) is 0 Å². The standard InChI is InChI=1S/C15H22N2/c1-5-17(4)10-16-15-9-11(2)14(8-12(15)3)13-6-7-13/h8-10,13H,5-7H2,1-4H3. The van der Waals surface area contributed by atoms with E-state index in [0.29, 0.717) is 0 Å². The van der Waals surface area contributed by atoms with Gasteiger partial charge in [-0.25, -0.2) is 4.99 Å². The summed E-state index contributed by atoms with van der Waals surface area (Å²) in [5.41, 5.74) is 5.32. The summed E-state index contributed by atoms with van der Waals surface area (Å²) < 4.78 is 0. The number of aryl methyl sites for hydroxylation is 2. The number of benzene rings is 1. The zero-order chi connectivity index (χ0) is 12.4. The van der Waals surface area contributed by atoms with Crippen LogP contribution in [0, 0.1) is 13.8 Å². The molecule has 1 aromatic rings. The van der Waals surface area contributed by atoms with Gasteiger partial charge in [0, 0.05) is 13.6 Å². The zero-order valence-electron chi connectivity index (χ0n) is 11.3. The minimum Gasteiger partial charge on any atom is -0.366 e. The van der Waals surface area contributed by atoms with Crippen LogP contribution in [0.15, 0.2) is 17.1 Å². The Morgan fingerprint density at radius 3 is 2.59 bits per heavy atom. The van der Waals surface area contributed by atoms with Crippen molar-refractivity contribution in [3.05, 3.63) is 28.8 Å². The maximum absolute atomic E-state index is 4.56. The molecule has 0 atom stereocenters. The fourth-order valence-corrected chi connectivity index (χ4v) is 2.04. The van der Waals surface area contributed by atoms with Gasteiger partial charge < -0.3 is 4.90 Å².